The molecule has 0 saturated heterocycles. The topological polar surface area (TPSA) is 29.1 Å². The molecule has 2 aromatic heterocycles. The van der Waals surface area contributed by atoms with E-state index in [2.05, 4.69) is 34.3 Å². The fourth-order valence-corrected chi connectivity index (χ4v) is 4.98. The van der Waals surface area contributed by atoms with Crippen LogP contribution in [0.3, 0.4) is 0 Å². The number of benzene rings is 1. The Morgan fingerprint density at radius 2 is 2.14 bits per heavy atom. The van der Waals surface area contributed by atoms with Gasteiger partial charge < -0.3 is 5.32 Å². The Labute approximate surface area is 142 Å². The van der Waals surface area contributed by atoms with Crippen molar-refractivity contribution in [3.63, 3.8) is 0 Å². The third-order valence-corrected chi connectivity index (χ3v) is 6.46. The van der Waals surface area contributed by atoms with E-state index in [4.69, 9.17) is 0 Å². The lowest BCUT2D eigenvalue weighted by Crippen LogP contribution is -2.25. The molecule has 114 valence electrons. The molecular weight excluding hydrogens is 330 g/mol. The van der Waals surface area contributed by atoms with Gasteiger partial charge in [-0.15, -0.1) is 11.3 Å². The average molecular weight is 348 g/mol. The van der Waals surface area contributed by atoms with Gasteiger partial charge in [0, 0.05) is 22.8 Å². The van der Waals surface area contributed by atoms with Crippen molar-refractivity contribution >= 4 is 50.4 Å². The summed E-state index contributed by atoms with van der Waals surface area (Å²) in [6, 6.07) is 10.3. The third-order valence-electron chi connectivity index (χ3n) is 3.43. The quantitative estimate of drug-likeness (QED) is 0.640. The summed E-state index contributed by atoms with van der Waals surface area (Å²) in [7, 11) is 0. The van der Waals surface area contributed by atoms with Crippen molar-refractivity contribution < 1.29 is 4.79 Å². The molecule has 3 aromatic rings. The molecule has 0 aliphatic heterocycles. The number of rotatable bonds is 6. The number of fused-ring (bicyclic) bond motifs is 1. The molecule has 2 nitrogen and oxygen atoms in total. The van der Waals surface area contributed by atoms with Gasteiger partial charge in [0.05, 0.1) is 4.88 Å². The van der Waals surface area contributed by atoms with Gasteiger partial charge >= 0.3 is 0 Å². The van der Waals surface area contributed by atoms with Crippen LogP contribution < -0.4 is 5.32 Å². The summed E-state index contributed by atoms with van der Waals surface area (Å²) in [6.45, 7) is 2.74. The number of carbonyl (C=O) groups excluding carboxylic acids is 1. The Balaban J connectivity index is 1.52. The summed E-state index contributed by atoms with van der Waals surface area (Å²) in [6.07, 6.45) is 0. The van der Waals surface area contributed by atoms with E-state index in [0.29, 0.717) is 6.54 Å². The van der Waals surface area contributed by atoms with Gasteiger partial charge in [-0.05, 0) is 46.3 Å². The Kier molecular flexibility index (Phi) is 5.18. The second kappa shape index (κ2) is 7.31. The molecule has 0 unspecified atom stereocenters. The molecule has 1 aromatic carbocycles. The van der Waals surface area contributed by atoms with Crippen LogP contribution in [0.25, 0.3) is 10.1 Å². The zero-order valence-corrected chi connectivity index (χ0v) is 14.7. The monoisotopic (exact) mass is 347 g/mol. The number of thioether (sulfide) groups is 1. The minimum atomic E-state index is 0.0508. The Hall–Kier alpha value is -1.30. The molecule has 3 rings (SSSR count). The first-order chi connectivity index (χ1) is 10.8. The number of aryl methyl sites for hydroxylation is 1. The van der Waals surface area contributed by atoms with Gasteiger partial charge in [0.25, 0.3) is 5.91 Å². The molecule has 0 radical (unpaired) electrons. The van der Waals surface area contributed by atoms with Crippen molar-refractivity contribution in [2.24, 2.45) is 0 Å². The molecule has 0 atom stereocenters. The molecule has 0 fully saturated rings. The van der Waals surface area contributed by atoms with E-state index >= 15 is 0 Å². The van der Waals surface area contributed by atoms with Gasteiger partial charge in [0.15, 0.2) is 0 Å². The summed E-state index contributed by atoms with van der Waals surface area (Å²) in [5, 5.41) is 8.49. The van der Waals surface area contributed by atoms with Gasteiger partial charge in [-0.25, -0.2) is 0 Å². The normalized spacial score (nSPS) is 11.0. The van der Waals surface area contributed by atoms with Crippen LogP contribution in [0.4, 0.5) is 0 Å². The summed E-state index contributed by atoms with van der Waals surface area (Å²) < 4.78 is 1.18. The first-order valence-corrected chi connectivity index (χ1v) is 10.0. The van der Waals surface area contributed by atoms with E-state index in [1.165, 1.54) is 15.6 Å². The third kappa shape index (κ3) is 3.54. The van der Waals surface area contributed by atoms with Crippen molar-refractivity contribution in [3.05, 3.63) is 57.1 Å². The molecule has 0 saturated carbocycles. The molecule has 0 aliphatic rings. The fourth-order valence-electron chi connectivity index (χ4n) is 2.27. The van der Waals surface area contributed by atoms with Crippen LogP contribution in [0.1, 0.15) is 20.8 Å². The lowest BCUT2D eigenvalue weighted by Gasteiger charge is -2.04. The van der Waals surface area contributed by atoms with Crippen LogP contribution >= 0.6 is 34.4 Å². The molecular formula is C17H17NOS3. The highest BCUT2D eigenvalue weighted by molar-refractivity contribution is 7.98. The zero-order chi connectivity index (χ0) is 15.4. The minimum absolute atomic E-state index is 0.0508. The Bertz CT molecular complexity index is 761. The predicted octanol–water partition coefficient (Wildman–Crippen LogP) is 4.93. The predicted molar refractivity (Wildman–Crippen MR) is 99.4 cm³/mol. The van der Waals surface area contributed by atoms with Crippen LogP contribution in [0.5, 0.6) is 0 Å². The number of nitrogens with one attached hydrogen (secondary N) is 1. The first kappa shape index (κ1) is 15.6. The Morgan fingerprint density at radius 3 is 2.91 bits per heavy atom. The van der Waals surface area contributed by atoms with E-state index in [9.17, 15) is 4.79 Å². The van der Waals surface area contributed by atoms with Gasteiger partial charge in [0.2, 0.25) is 0 Å². The maximum Gasteiger partial charge on any atom is 0.261 e. The van der Waals surface area contributed by atoms with Gasteiger partial charge in [-0.3, -0.25) is 4.79 Å². The molecule has 1 N–H and O–H groups in total. The largest absolute Gasteiger partial charge is 0.351 e. The van der Waals surface area contributed by atoms with Crippen LogP contribution in [-0.2, 0) is 5.75 Å². The minimum Gasteiger partial charge on any atom is -0.351 e. The van der Waals surface area contributed by atoms with E-state index in [1.54, 1.807) is 22.7 Å². The SMILES string of the molecule is Cc1c(C(=O)NCCSCc2ccsc2)sc2ccccc12. The number of carbonyl (C=O) groups is 1. The van der Waals surface area contributed by atoms with Crippen LogP contribution in [0, 0.1) is 6.92 Å². The summed E-state index contributed by atoms with van der Waals surface area (Å²) in [5.41, 5.74) is 2.45. The van der Waals surface area contributed by atoms with E-state index in [1.807, 2.05) is 30.8 Å². The number of hydrogen-bond donors (Lipinski definition) is 1. The smallest absolute Gasteiger partial charge is 0.261 e. The average Bonchev–Trinajstić information content (AvgIpc) is 3.15. The van der Waals surface area contributed by atoms with Crippen molar-refractivity contribution in [2.45, 2.75) is 12.7 Å². The highest BCUT2D eigenvalue weighted by atomic mass is 32.2. The number of hydrogen-bond acceptors (Lipinski definition) is 4. The molecule has 0 spiro atoms. The van der Waals surface area contributed by atoms with Crippen LogP contribution in [0.15, 0.2) is 41.1 Å². The van der Waals surface area contributed by atoms with Crippen molar-refractivity contribution in [1.29, 1.82) is 0 Å². The van der Waals surface area contributed by atoms with E-state index in [-0.39, 0.29) is 5.91 Å². The highest BCUT2D eigenvalue weighted by Crippen LogP contribution is 2.30. The van der Waals surface area contributed by atoms with E-state index < -0.39 is 0 Å². The second-order valence-corrected chi connectivity index (χ2v) is 7.93. The van der Waals surface area contributed by atoms with Crippen molar-refractivity contribution in [3.8, 4) is 0 Å². The van der Waals surface area contributed by atoms with Crippen molar-refractivity contribution in [2.75, 3.05) is 12.3 Å². The molecule has 0 aliphatic carbocycles. The number of thiophene rings is 2. The maximum atomic E-state index is 12.3. The van der Waals surface area contributed by atoms with Crippen LogP contribution in [-0.4, -0.2) is 18.2 Å². The maximum absolute atomic E-state index is 12.3. The first-order valence-electron chi connectivity index (χ1n) is 7.11. The standard InChI is InChI=1S/C17H17NOS3/c1-12-14-4-2-3-5-15(14)22-16(12)17(19)18-7-9-21-11-13-6-8-20-10-13/h2-6,8,10H,7,9,11H2,1H3,(H,18,19). The second-order valence-electron chi connectivity index (χ2n) is 4.99. The lowest BCUT2D eigenvalue weighted by molar-refractivity contribution is 0.0960. The molecule has 5 heteroatoms. The molecule has 22 heavy (non-hydrogen) atoms. The summed E-state index contributed by atoms with van der Waals surface area (Å²) >= 11 is 5.16. The fraction of sp³-hybridized carbons (Fsp3) is 0.235. The lowest BCUT2D eigenvalue weighted by atomic mass is 10.1. The summed E-state index contributed by atoms with van der Waals surface area (Å²) in [4.78, 5) is 13.2. The zero-order valence-electron chi connectivity index (χ0n) is 12.3. The molecule has 2 heterocycles. The summed E-state index contributed by atoms with van der Waals surface area (Å²) in [5.74, 6) is 2.00. The van der Waals surface area contributed by atoms with Crippen LogP contribution in [0.2, 0.25) is 0 Å². The van der Waals surface area contributed by atoms with Gasteiger partial charge in [-0.1, -0.05) is 18.2 Å². The molecule has 0 bridgehead atoms. The van der Waals surface area contributed by atoms with Crippen molar-refractivity contribution in [1.82, 2.24) is 5.32 Å². The van der Waals surface area contributed by atoms with Gasteiger partial charge in [0.1, 0.15) is 0 Å². The highest BCUT2D eigenvalue weighted by Gasteiger charge is 2.14. The number of amides is 1. The Morgan fingerprint density at radius 1 is 1.27 bits per heavy atom. The van der Waals surface area contributed by atoms with Gasteiger partial charge in [-0.2, -0.15) is 23.1 Å². The molecule has 1 amide bonds. The van der Waals surface area contributed by atoms with E-state index in [0.717, 1.165) is 21.9 Å².